The largest absolute Gasteiger partial charge is 0.461 e. The highest BCUT2D eigenvalue weighted by molar-refractivity contribution is 5.90. The Balaban J connectivity index is 1.88. The second-order valence-electron chi connectivity index (χ2n) is 8.87. The van der Waals surface area contributed by atoms with Gasteiger partial charge in [-0.05, 0) is 37.8 Å². The molecule has 4 rings (SSSR count). The molecule has 0 aliphatic rings. The predicted octanol–water partition coefficient (Wildman–Crippen LogP) is 3.90. The molecule has 4 aromatic heterocycles. The highest BCUT2D eigenvalue weighted by Crippen LogP contribution is 2.30. The van der Waals surface area contributed by atoms with Crippen LogP contribution in [0.15, 0.2) is 29.0 Å². The zero-order valence-electron chi connectivity index (χ0n) is 16.6. The van der Waals surface area contributed by atoms with Crippen molar-refractivity contribution in [3.8, 4) is 11.6 Å². The number of aromatic nitrogens is 6. The summed E-state index contributed by atoms with van der Waals surface area (Å²) in [5.74, 6) is 1.77. The van der Waals surface area contributed by atoms with Crippen LogP contribution in [-0.2, 0) is 7.05 Å². The van der Waals surface area contributed by atoms with Crippen molar-refractivity contribution >= 4 is 22.6 Å². The molecule has 0 aliphatic heterocycles. The minimum absolute atomic E-state index is 0.173. The smallest absolute Gasteiger partial charge is 0.228 e. The molecule has 0 atom stereocenters. The van der Waals surface area contributed by atoms with Crippen molar-refractivity contribution in [2.24, 2.45) is 12.5 Å². The highest BCUT2D eigenvalue weighted by atomic mass is 16.3. The molecule has 0 fully saturated rings. The van der Waals surface area contributed by atoms with Gasteiger partial charge in [0, 0.05) is 18.8 Å². The first kappa shape index (κ1) is 17.5. The number of hydrogen-bond donors (Lipinski definition) is 1. The monoisotopic (exact) mass is 367 g/mol. The molecule has 0 saturated heterocycles. The van der Waals surface area contributed by atoms with Crippen molar-refractivity contribution in [1.29, 1.82) is 0 Å². The molecular weight excluding hydrogens is 342 g/mol. The van der Waals surface area contributed by atoms with Crippen LogP contribution in [0.3, 0.4) is 0 Å². The van der Waals surface area contributed by atoms with Crippen LogP contribution in [0.4, 0.5) is 5.95 Å². The van der Waals surface area contributed by atoms with E-state index in [0.29, 0.717) is 28.8 Å². The van der Waals surface area contributed by atoms with Crippen molar-refractivity contribution in [2.75, 3.05) is 5.32 Å². The first-order chi connectivity index (χ1) is 12.6. The van der Waals surface area contributed by atoms with E-state index < -0.39 is 0 Å². The standard InChI is InChI=1S/C19H25N7O/c1-18(2,3)11-19(4,5)22-17-21-14-12(10-25(6)23-14)16-20-15(24-26(16)17)13-8-7-9-27-13/h7-10H,11H2,1-6H3,(H,21,22,23). The maximum Gasteiger partial charge on any atom is 0.228 e. The van der Waals surface area contributed by atoms with Crippen LogP contribution < -0.4 is 5.32 Å². The molecule has 0 aromatic carbocycles. The fourth-order valence-corrected chi connectivity index (χ4v) is 3.76. The summed E-state index contributed by atoms with van der Waals surface area (Å²) in [7, 11) is 1.87. The lowest BCUT2D eigenvalue weighted by atomic mass is 9.82. The second-order valence-corrected chi connectivity index (χ2v) is 8.87. The molecule has 4 aromatic rings. The molecule has 0 spiro atoms. The first-order valence-electron chi connectivity index (χ1n) is 9.04. The molecular formula is C19H25N7O. The third kappa shape index (κ3) is 3.39. The molecule has 1 N–H and O–H groups in total. The van der Waals surface area contributed by atoms with E-state index in [1.807, 2.05) is 25.4 Å². The molecule has 4 heterocycles. The van der Waals surface area contributed by atoms with Crippen LogP contribution in [0.1, 0.15) is 41.0 Å². The fourth-order valence-electron chi connectivity index (χ4n) is 3.76. The summed E-state index contributed by atoms with van der Waals surface area (Å²) in [5.41, 5.74) is 1.33. The van der Waals surface area contributed by atoms with Gasteiger partial charge in [-0.3, -0.25) is 4.68 Å². The van der Waals surface area contributed by atoms with Crippen LogP contribution in [-0.4, -0.2) is 34.9 Å². The molecule has 0 unspecified atom stereocenters. The maximum absolute atomic E-state index is 5.47. The number of hydrogen-bond acceptors (Lipinski definition) is 6. The van der Waals surface area contributed by atoms with E-state index in [1.54, 1.807) is 15.5 Å². The Morgan fingerprint density at radius 1 is 1.11 bits per heavy atom. The van der Waals surface area contributed by atoms with E-state index in [2.05, 4.69) is 55.1 Å². The molecule has 8 heteroatoms. The maximum atomic E-state index is 5.47. The summed E-state index contributed by atoms with van der Waals surface area (Å²) in [5, 5.41) is 13.5. The summed E-state index contributed by atoms with van der Waals surface area (Å²) in [6.07, 6.45) is 4.48. The summed E-state index contributed by atoms with van der Waals surface area (Å²) in [4.78, 5) is 9.41. The minimum Gasteiger partial charge on any atom is -0.461 e. The number of rotatable bonds is 4. The van der Waals surface area contributed by atoms with Gasteiger partial charge in [0.2, 0.25) is 11.8 Å². The van der Waals surface area contributed by atoms with Crippen LogP contribution in [0.2, 0.25) is 0 Å². The molecule has 0 amide bonds. The number of aryl methyl sites for hydroxylation is 1. The zero-order valence-corrected chi connectivity index (χ0v) is 16.6. The van der Waals surface area contributed by atoms with Crippen LogP contribution >= 0.6 is 0 Å². The van der Waals surface area contributed by atoms with E-state index >= 15 is 0 Å². The van der Waals surface area contributed by atoms with E-state index in [-0.39, 0.29) is 11.0 Å². The van der Waals surface area contributed by atoms with E-state index in [0.717, 1.165) is 11.8 Å². The SMILES string of the molecule is Cn1cc2c(nc(NC(C)(C)CC(C)(C)C)n3nc(-c4ccco4)nc23)n1. The molecule has 0 saturated carbocycles. The second kappa shape index (κ2) is 5.80. The number of fused-ring (bicyclic) bond motifs is 3. The van der Waals surface area contributed by atoms with Gasteiger partial charge in [0.25, 0.3) is 0 Å². The molecule has 0 bridgehead atoms. The van der Waals surface area contributed by atoms with Gasteiger partial charge in [-0.25, -0.2) is 4.98 Å². The Kier molecular flexibility index (Phi) is 3.76. The van der Waals surface area contributed by atoms with Crippen LogP contribution in [0, 0.1) is 5.41 Å². The summed E-state index contributed by atoms with van der Waals surface area (Å²) < 4.78 is 8.95. The van der Waals surface area contributed by atoms with Gasteiger partial charge in [-0.1, -0.05) is 20.8 Å². The lowest BCUT2D eigenvalue weighted by molar-refractivity contribution is 0.301. The number of nitrogens with zero attached hydrogens (tertiary/aromatic N) is 6. The third-order valence-electron chi connectivity index (χ3n) is 4.23. The summed E-state index contributed by atoms with van der Waals surface area (Å²) in [6, 6.07) is 3.67. The third-order valence-corrected chi connectivity index (χ3v) is 4.23. The Bertz CT molecular complexity index is 1100. The van der Waals surface area contributed by atoms with Gasteiger partial charge < -0.3 is 9.73 Å². The normalized spacial score (nSPS) is 13.0. The average molecular weight is 367 g/mol. The van der Waals surface area contributed by atoms with Crippen molar-refractivity contribution in [3.05, 3.63) is 24.6 Å². The highest BCUT2D eigenvalue weighted by Gasteiger charge is 2.28. The average Bonchev–Trinajstić information content (AvgIpc) is 3.20. The Labute approximate surface area is 157 Å². The number of nitrogens with one attached hydrogen (secondary N) is 1. The Morgan fingerprint density at radius 3 is 2.56 bits per heavy atom. The number of furan rings is 1. The minimum atomic E-state index is -0.183. The predicted molar refractivity (Wildman–Crippen MR) is 105 cm³/mol. The topological polar surface area (TPSA) is 86.1 Å². The van der Waals surface area contributed by atoms with Crippen molar-refractivity contribution < 1.29 is 4.42 Å². The molecule has 27 heavy (non-hydrogen) atoms. The molecule has 0 radical (unpaired) electrons. The van der Waals surface area contributed by atoms with Gasteiger partial charge in [0.15, 0.2) is 17.1 Å². The quantitative estimate of drug-likeness (QED) is 0.589. The van der Waals surface area contributed by atoms with Crippen molar-refractivity contribution in [3.63, 3.8) is 0 Å². The zero-order chi connectivity index (χ0) is 19.4. The van der Waals surface area contributed by atoms with Crippen LogP contribution in [0.5, 0.6) is 0 Å². The van der Waals surface area contributed by atoms with Gasteiger partial charge in [-0.15, -0.1) is 5.10 Å². The van der Waals surface area contributed by atoms with Gasteiger partial charge in [0.1, 0.15) is 0 Å². The van der Waals surface area contributed by atoms with E-state index in [9.17, 15) is 0 Å². The Hall–Kier alpha value is -2.90. The molecule has 142 valence electrons. The molecule has 0 aliphatic carbocycles. The summed E-state index contributed by atoms with van der Waals surface area (Å²) >= 11 is 0. The molecule has 8 nitrogen and oxygen atoms in total. The van der Waals surface area contributed by atoms with Crippen molar-refractivity contribution in [2.45, 2.75) is 46.6 Å². The lowest BCUT2D eigenvalue weighted by Gasteiger charge is -2.33. The van der Waals surface area contributed by atoms with Gasteiger partial charge in [0.05, 0.1) is 11.6 Å². The van der Waals surface area contributed by atoms with Crippen LogP contribution in [0.25, 0.3) is 28.3 Å². The lowest BCUT2D eigenvalue weighted by Crippen LogP contribution is -2.36. The van der Waals surface area contributed by atoms with E-state index in [1.165, 1.54) is 0 Å². The first-order valence-corrected chi connectivity index (χ1v) is 9.04. The van der Waals surface area contributed by atoms with E-state index in [4.69, 9.17) is 9.40 Å². The Morgan fingerprint density at radius 2 is 1.89 bits per heavy atom. The summed E-state index contributed by atoms with van der Waals surface area (Å²) in [6.45, 7) is 11.0. The van der Waals surface area contributed by atoms with Gasteiger partial charge >= 0.3 is 0 Å². The van der Waals surface area contributed by atoms with Crippen molar-refractivity contribution in [1.82, 2.24) is 29.4 Å². The fraction of sp³-hybridized carbons (Fsp3) is 0.474. The van der Waals surface area contributed by atoms with Gasteiger partial charge in [-0.2, -0.15) is 14.6 Å². The number of anilines is 1.